The van der Waals surface area contributed by atoms with Gasteiger partial charge in [-0.05, 0) is 62.3 Å². The molecule has 1 amide bonds. The second kappa shape index (κ2) is 10.8. The number of nitrogens with zero attached hydrogens (tertiary/aromatic N) is 2. The van der Waals surface area contributed by atoms with Gasteiger partial charge < -0.3 is 20.2 Å². The van der Waals surface area contributed by atoms with Gasteiger partial charge >= 0.3 is 0 Å². The molecule has 0 saturated carbocycles. The quantitative estimate of drug-likeness (QED) is 0.775. The number of hydrogen-bond acceptors (Lipinski definition) is 4. The molecule has 0 spiro atoms. The Morgan fingerprint density at radius 1 is 1.00 bits per heavy atom. The van der Waals surface area contributed by atoms with E-state index in [0.29, 0.717) is 12.0 Å². The number of benzene rings is 1. The molecule has 1 atom stereocenters. The van der Waals surface area contributed by atoms with Crippen molar-refractivity contribution in [3.05, 3.63) is 35.4 Å². The molecule has 3 heterocycles. The highest BCUT2D eigenvalue weighted by atomic mass is 35.5. The van der Waals surface area contributed by atoms with Gasteiger partial charge in [0.05, 0.1) is 6.10 Å². The van der Waals surface area contributed by atoms with Crippen LogP contribution in [0, 0.1) is 0 Å². The molecular weight excluding hydrogens is 397 g/mol. The van der Waals surface area contributed by atoms with Crippen molar-refractivity contribution in [3.63, 3.8) is 0 Å². The molecule has 0 bridgehead atoms. The fourth-order valence-electron chi connectivity index (χ4n) is 4.73. The first-order chi connectivity index (χ1) is 12.7. The second-order valence-electron chi connectivity index (χ2n) is 8.11. The Morgan fingerprint density at radius 3 is 2.36 bits per heavy atom. The molecule has 1 aromatic rings. The lowest BCUT2D eigenvalue weighted by atomic mass is 9.95. The molecule has 0 radical (unpaired) electrons. The number of hydrogen-bond donors (Lipinski definition) is 2. The third-order valence-electron chi connectivity index (χ3n) is 6.43. The van der Waals surface area contributed by atoms with Crippen LogP contribution < -0.4 is 5.32 Å². The molecule has 0 aliphatic carbocycles. The van der Waals surface area contributed by atoms with Crippen LogP contribution in [0.5, 0.6) is 0 Å². The van der Waals surface area contributed by atoms with Gasteiger partial charge in [-0.25, -0.2) is 0 Å². The monoisotopic (exact) mass is 429 g/mol. The Kier molecular flexibility index (Phi) is 9.03. The van der Waals surface area contributed by atoms with Gasteiger partial charge in [-0.15, -0.1) is 24.8 Å². The minimum atomic E-state index is -0.115. The first-order valence-electron chi connectivity index (χ1n) is 10.2. The SMILES string of the molecule is Cl.Cl.O=C(c1cccc(C2CCNC2)c1)N1CCC(N2CCC(O)CC2)CC1. The molecule has 2 N–H and O–H groups in total. The lowest BCUT2D eigenvalue weighted by molar-refractivity contribution is 0.0357. The van der Waals surface area contributed by atoms with Gasteiger partial charge in [0.2, 0.25) is 0 Å². The van der Waals surface area contributed by atoms with Crippen molar-refractivity contribution in [1.29, 1.82) is 0 Å². The van der Waals surface area contributed by atoms with Crippen molar-refractivity contribution in [2.75, 3.05) is 39.3 Å². The lowest BCUT2D eigenvalue weighted by Gasteiger charge is -2.41. The Labute approximate surface area is 180 Å². The van der Waals surface area contributed by atoms with E-state index in [9.17, 15) is 9.90 Å². The van der Waals surface area contributed by atoms with Crippen molar-refractivity contribution in [2.24, 2.45) is 0 Å². The smallest absolute Gasteiger partial charge is 0.253 e. The van der Waals surface area contributed by atoms with E-state index in [1.54, 1.807) is 0 Å². The zero-order chi connectivity index (χ0) is 17.9. The number of carbonyl (C=O) groups excluding carboxylic acids is 1. The van der Waals surface area contributed by atoms with Crippen molar-refractivity contribution in [1.82, 2.24) is 15.1 Å². The fourth-order valence-corrected chi connectivity index (χ4v) is 4.73. The third kappa shape index (κ3) is 5.39. The summed E-state index contributed by atoms with van der Waals surface area (Å²) in [6.45, 7) is 5.78. The number of amides is 1. The van der Waals surface area contributed by atoms with E-state index in [0.717, 1.165) is 76.9 Å². The van der Waals surface area contributed by atoms with Crippen molar-refractivity contribution >= 4 is 30.7 Å². The van der Waals surface area contributed by atoms with Crippen LogP contribution in [0.15, 0.2) is 24.3 Å². The van der Waals surface area contributed by atoms with Crippen LogP contribution in [-0.2, 0) is 0 Å². The number of likely N-dealkylation sites (tertiary alicyclic amines) is 2. The third-order valence-corrected chi connectivity index (χ3v) is 6.43. The van der Waals surface area contributed by atoms with E-state index in [1.165, 1.54) is 5.56 Å². The van der Waals surface area contributed by atoms with E-state index in [-0.39, 0.29) is 36.8 Å². The van der Waals surface area contributed by atoms with E-state index < -0.39 is 0 Å². The number of rotatable bonds is 3. The minimum Gasteiger partial charge on any atom is -0.393 e. The average Bonchev–Trinajstić information content (AvgIpc) is 3.23. The number of aliphatic hydroxyl groups excluding tert-OH is 1. The summed E-state index contributed by atoms with van der Waals surface area (Å²) in [7, 11) is 0. The molecule has 3 aliphatic heterocycles. The Bertz CT molecular complexity index is 624. The minimum absolute atomic E-state index is 0. The first-order valence-corrected chi connectivity index (χ1v) is 10.2. The predicted octanol–water partition coefficient (Wildman–Crippen LogP) is 2.67. The highest BCUT2D eigenvalue weighted by molar-refractivity contribution is 5.94. The van der Waals surface area contributed by atoms with Crippen molar-refractivity contribution in [2.45, 2.75) is 50.2 Å². The van der Waals surface area contributed by atoms with Gasteiger partial charge in [0, 0.05) is 44.3 Å². The number of carbonyl (C=O) groups is 1. The molecule has 158 valence electrons. The highest BCUT2D eigenvalue weighted by Gasteiger charge is 2.29. The number of aliphatic hydroxyl groups is 1. The predicted molar refractivity (Wildman–Crippen MR) is 117 cm³/mol. The van der Waals surface area contributed by atoms with Gasteiger partial charge in [-0.2, -0.15) is 0 Å². The molecular formula is C21H33Cl2N3O2. The molecule has 3 aliphatic rings. The summed E-state index contributed by atoms with van der Waals surface area (Å²) < 4.78 is 0. The van der Waals surface area contributed by atoms with E-state index in [1.807, 2.05) is 17.0 Å². The number of piperidine rings is 2. The summed E-state index contributed by atoms with van der Waals surface area (Å²) in [5, 5.41) is 13.1. The highest BCUT2D eigenvalue weighted by Crippen LogP contribution is 2.25. The molecule has 4 rings (SSSR count). The summed E-state index contributed by atoms with van der Waals surface area (Å²) in [4.78, 5) is 17.5. The fraction of sp³-hybridized carbons (Fsp3) is 0.667. The zero-order valence-electron chi connectivity index (χ0n) is 16.4. The molecule has 28 heavy (non-hydrogen) atoms. The van der Waals surface area contributed by atoms with Crippen LogP contribution in [0.1, 0.15) is 53.9 Å². The van der Waals surface area contributed by atoms with Crippen LogP contribution >= 0.6 is 24.8 Å². The van der Waals surface area contributed by atoms with Gasteiger partial charge in [0.25, 0.3) is 5.91 Å². The standard InChI is InChI=1S/C21H31N3O2.2ClH/c25-20-7-12-23(13-8-20)19-5-10-24(11-6-19)21(26)17-3-1-2-16(14-17)18-4-9-22-15-18;;/h1-3,14,18-20,22,25H,4-13,15H2;2*1H. The summed E-state index contributed by atoms with van der Waals surface area (Å²) in [5.41, 5.74) is 2.14. The Balaban J connectivity index is 0.00000140. The Hall–Kier alpha value is -0.850. The molecule has 1 unspecified atom stereocenters. The van der Waals surface area contributed by atoms with Gasteiger partial charge in [-0.1, -0.05) is 12.1 Å². The van der Waals surface area contributed by atoms with Gasteiger partial charge in [-0.3, -0.25) is 4.79 Å². The van der Waals surface area contributed by atoms with Crippen molar-refractivity contribution in [3.8, 4) is 0 Å². The average molecular weight is 430 g/mol. The number of halogens is 2. The largest absolute Gasteiger partial charge is 0.393 e. The van der Waals surface area contributed by atoms with E-state index >= 15 is 0 Å². The topological polar surface area (TPSA) is 55.8 Å². The maximum Gasteiger partial charge on any atom is 0.253 e. The molecule has 3 saturated heterocycles. The summed E-state index contributed by atoms with van der Waals surface area (Å²) >= 11 is 0. The second-order valence-corrected chi connectivity index (χ2v) is 8.11. The number of nitrogens with one attached hydrogen (secondary N) is 1. The van der Waals surface area contributed by atoms with Gasteiger partial charge in [0.1, 0.15) is 0 Å². The Morgan fingerprint density at radius 2 is 1.71 bits per heavy atom. The zero-order valence-corrected chi connectivity index (χ0v) is 18.0. The molecule has 3 fully saturated rings. The van der Waals surface area contributed by atoms with Crippen LogP contribution in [0.3, 0.4) is 0 Å². The summed E-state index contributed by atoms with van der Waals surface area (Å²) in [6, 6.07) is 8.84. The molecule has 0 aromatic heterocycles. The van der Waals surface area contributed by atoms with Crippen LogP contribution in [0.2, 0.25) is 0 Å². The lowest BCUT2D eigenvalue weighted by Crippen LogP contribution is -2.49. The van der Waals surface area contributed by atoms with Gasteiger partial charge in [0.15, 0.2) is 0 Å². The van der Waals surface area contributed by atoms with Crippen molar-refractivity contribution < 1.29 is 9.90 Å². The molecule has 1 aromatic carbocycles. The van der Waals surface area contributed by atoms with Crippen LogP contribution in [0.4, 0.5) is 0 Å². The maximum atomic E-state index is 13.0. The van der Waals surface area contributed by atoms with Crippen LogP contribution in [0.25, 0.3) is 0 Å². The summed E-state index contributed by atoms with van der Waals surface area (Å²) in [6.07, 6.45) is 4.93. The summed E-state index contributed by atoms with van der Waals surface area (Å²) in [5.74, 6) is 0.730. The van der Waals surface area contributed by atoms with E-state index in [4.69, 9.17) is 0 Å². The molecule has 5 nitrogen and oxygen atoms in total. The van der Waals surface area contributed by atoms with E-state index in [2.05, 4.69) is 22.3 Å². The first kappa shape index (κ1) is 23.4. The van der Waals surface area contributed by atoms with Crippen LogP contribution in [-0.4, -0.2) is 72.2 Å². The molecule has 7 heteroatoms. The maximum absolute atomic E-state index is 13.0. The normalized spacial score (nSPS) is 24.5.